The normalized spacial score (nSPS) is 14.0. The number of unbranched alkanes of at least 4 members (excludes halogenated alkanes) is 10. The van der Waals surface area contributed by atoms with Gasteiger partial charge >= 0.3 is 29.6 Å². The summed E-state index contributed by atoms with van der Waals surface area (Å²) in [7, 11) is -4.10. The number of aliphatic hydroxyl groups excluding tert-OH is 1. The zero-order chi connectivity index (χ0) is 19.0. The quantitative estimate of drug-likeness (QED) is 0.218. The van der Waals surface area contributed by atoms with E-state index in [0.29, 0.717) is 12.8 Å². The van der Waals surface area contributed by atoms with Crippen molar-refractivity contribution in [2.45, 2.75) is 128 Å². The molecule has 26 heavy (non-hydrogen) atoms. The predicted molar refractivity (Wildman–Crippen MR) is 105 cm³/mol. The van der Waals surface area contributed by atoms with E-state index in [-0.39, 0.29) is 35.7 Å². The first kappa shape index (κ1) is 29.1. The molecule has 0 aromatic rings. The van der Waals surface area contributed by atoms with Gasteiger partial charge in [-0.05, 0) is 25.7 Å². The van der Waals surface area contributed by atoms with Crippen LogP contribution >= 0.6 is 0 Å². The van der Waals surface area contributed by atoms with Crippen molar-refractivity contribution in [2.24, 2.45) is 0 Å². The predicted octanol–water partition coefficient (Wildman–Crippen LogP) is 2.55. The van der Waals surface area contributed by atoms with Crippen molar-refractivity contribution in [2.75, 3.05) is 0 Å². The molecule has 0 amide bonds. The summed E-state index contributed by atoms with van der Waals surface area (Å²) in [6.07, 6.45) is 16.7. The van der Waals surface area contributed by atoms with Gasteiger partial charge in [-0.25, -0.2) is 8.42 Å². The maximum atomic E-state index is 11.0. The van der Waals surface area contributed by atoms with Gasteiger partial charge in [0.2, 0.25) is 0 Å². The Balaban J connectivity index is 0. The topological polar surface area (TPSA) is 77.4 Å². The van der Waals surface area contributed by atoms with E-state index in [4.69, 9.17) is 0 Å². The van der Waals surface area contributed by atoms with E-state index >= 15 is 0 Å². The molecule has 0 fully saturated rings. The van der Waals surface area contributed by atoms with Crippen molar-refractivity contribution in [1.29, 1.82) is 0 Å². The van der Waals surface area contributed by atoms with Crippen LogP contribution in [0.5, 0.6) is 0 Å². The van der Waals surface area contributed by atoms with Gasteiger partial charge in [-0.3, -0.25) is 0 Å². The van der Waals surface area contributed by atoms with Crippen molar-refractivity contribution in [3.8, 4) is 0 Å². The molecule has 0 spiro atoms. The first-order valence-corrected chi connectivity index (χ1v) is 12.0. The van der Waals surface area contributed by atoms with Gasteiger partial charge < -0.3 is 9.66 Å². The molecule has 1 N–H and O–H groups in total. The number of hydrogen-bond donors (Lipinski definition) is 1. The molecule has 0 aliphatic heterocycles. The van der Waals surface area contributed by atoms with Crippen molar-refractivity contribution >= 4 is 10.1 Å². The first-order chi connectivity index (χ1) is 11.9. The zero-order valence-electron chi connectivity index (χ0n) is 17.5. The SMILES string of the molecule is CCCCC(O)CCCCCCCCCCCCC(CC)S(=O)(=O)[O-].[Na+]. The van der Waals surface area contributed by atoms with Crippen LogP contribution in [0.4, 0.5) is 0 Å². The molecule has 0 saturated carbocycles. The molecule has 0 aliphatic rings. The second-order valence-electron chi connectivity index (χ2n) is 7.43. The molecule has 0 radical (unpaired) electrons. The van der Waals surface area contributed by atoms with Crippen molar-refractivity contribution in [1.82, 2.24) is 0 Å². The third kappa shape index (κ3) is 18.2. The minimum absolute atomic E-state index is 0. The Labute approximate surface area is 185 Å². The van der Waals surface area contributed by atoms with E-state index in [1.807, 2.05) is 0 Å². The van der Waals surface area contributed by atoms with Gasteiger partial charge in [-0.1, -0.05) is 90.9 Å². The second kappa shape index (κ2) is 19.2. The maximum Gasteiger partial charge on any atom is 1.00 e. The third-order valence-electron chi connectivity index (χ3n) is 5.07. The van der Waals surface area contributed by atoms with Crippen LogP contribution < -0.4 is 29.6 Å². The van der Waals surface area contributed by atoms with E-state index in [2.05, 4.69) is 6.92 Å². The van der Waals surface area contributed by atoms with Gasteiger partial charge in [0.1, 0.15) is 0 Å². The molecule has 2 unspecified atom stereocenters. The average Bonchev–Trinajstić information content (AvgIpc) is 2.56. The Kier molecular flexibility index (Phi) is 21.5. The first-order valence-electron chi connectivity index (χ1n) is 10.5. The molecule has 0 aromatic heterocycles. The molecule has 0 aromatic carbocycles. The fourth-order valence-corrected chi connectivity index (χ4v) is 4.17. The molecule has 0 rings (SSSR count). The Morgan fingerprint density at radius 1 is 0.731 bits per heavy atom. The fourth-order valence-electron chi connectivity index (χ4n) is 3.30. The summed E-state index contributed by atoms with van der Waals surface area (Å²) in [6.45, 7) is 3.93. The van der Waals surface area contributed by atoms with Gasteiger partial charge in [0.05, 0.1) is 16.2 Å². The molecule has 0 aliphatic carbocycles. The molecule has 4 nitrogen and oxygen atoms in total. The van der Waals surface area contributed by atoms with Crippen LogP contribution in [0.3, 0.4) is 0 Å². The molecule has 2 atom stereocenters. The van der Waals surface area contributed by atoms with E-state index in [1.54, 1.807) is 6.92 Å². The summed E-state index contributed by atoms with van der Waals surface area (Å²) in [5, 5.41) is 9.08. The van der Waals surface area contributed by atoms with E-state index < -0.39 is 15.4 Å². The number of aliphatic hydroxyl groups is 1. The molecule has 0 bridgehead atoms. The second-order valence-corrected chi connectivity index (χ2v) is 9.08. The van der Waals surface area contributed by atoms with E-state index in [0.717, 1.165) is 51.4 Å². The summed E-state index contributed by atoms with van der Waals surface area (Å²) < 4.78 is 33.0. The van der Waals surface area contributed by atoms with E-state index in [9.17, 15) is 18.1 Å². The van der Waals surface area contributed by atoms with Gasteiger partial charge in [0.25, 0.3) is 0 Å². The Morgan fingerprint density at radius 3 is 1.50 bits per heavy atom. The Morgan fingerprint density at radius 2 is 1.12 bits per heavy atom. The van der Waals surface area contributed by atoms with Crippen LogP contribution in [0, 0.1) is 0 Å². The maximum absolute atomic E-state index is 11.0. The number of hydrogen-bond acceptors (Lipinski definition) is 4. The van der Waals surface area contributed by atoms with Gasteiger partial charge in [-0.2, -0.15) is 0 Å². The largest absolute Gasteiger partial charge is 1.00 e. The molecular formula is C20H41NaO4S. The fraction of sp³-hybridized carbons (Fsp3) is 1.00. The van der Waals surface area contributed by atoms with Crippen LogP contribution in [0.2, 0.25) is 0 Å². The molecular weight excluding hydrogens is 359 g/mol. The van der Waals surface area contributed by atoms with Crippen molar-refractivity contribution in [3.05, 3.63) is 0 Å². The smallest absolute Gasteiger partial charge is 0.748 e. The molecule has 0 heterocycles. The Hall–Kier alpha value is 0.870. The van der Waals surface area contributed by atoms with Gasteiger partial charge in [-0.15, -0.1) is 0 Å². The minimum Gasteiger partial charge on any atom is -0.748 e. The van der Waals surface area contributed by atoms with Gasteiger partial charge in [0, 0.05) is 5.25 Å². The van der Waals surface area contributed by atoms with E-state index in [1.165, 1.54) is 38.5 Å². The molecule has 0 saturated heterocycles. The van der Waals surface area contributed by atoms with Crippen molar-refractivity contribution in [3.63, 3.8) is 0 Å². The van der Waals surface area contributed by atoms with Crippen LogP contribution in [0.15, 0.2) is 0 Å². The minimum atomic E-state index is -4.10. The number of rotatable bonds is 18. The van der Waals surface area contributed by atoms with Gasteiger partial charge in [0.15, 0.2) is 0 Å². The third-order valence-corrected chi connectivity index (χ3v) is 6.45. The van der Waals surface area contributed by atoms with Crippen LogP contribution in [0.25, 0.3) is 0 Å². The van der Waals surface area contributed by atoms with Crippen LogP contribution in [-0.2, 0) is 10.1 Å². The summed E-state index contributed by atoms with van der Waals surface area (Å²) in [5.41, 5.74) is 0. The average molecular weight is 401 g/mol. The summed E-state index contributed by atoms with van der Waals surface area (Å²) in [4.78, 5) is 0. The zero-order valence-corrected chi connectivity index (χ0v) is 20.4. The summed E-state index contributed by atoms with van der Waals surface area (Å²) in [6, 6.07) is 0. The van der Waals surface area contributed by atoms with Crippen LogP contribution in [0.1, 0.15) is 117 Å². The van der Waals surface area contributed by atoms with Crippen molar-refractivity contribution < 1.29 is 47.6 Å². The summed E-state index contributed by atoms with van der Waals surface area (Å²) in [5.74, 6) is 0. The standard InChI is InChI=1S/C20H42O4S.Na/c1-3-5-16-19(21)17-14-12-10-8-6-7-9-11-13-15-18-20(4-2)25(22,23)24;/h19-21H,3-18H2,1-2H3,(H,22,23,24);/q;+1/p-1. The van der Waals surface area contributed by atoms with Crippen LogP contribution in [-0.4, -0.2) is 29.4 Å². The molecule has 6 heteroatoms. The molecule has 152 valence electrons. The summed E-state index contributed by atoms with van der Waals surface area (Å²) >= 11 is 0. The Bertz CT molecular complexity index is 387. The monoisotopic (exact) mass is 400 g/mol.